The van der Waals surface area contributed by atoms with Crippen LogP contribution in [-0.4, -0.2) is 33.9 Å². The van der Waals surface area contributed by atoms with E-state index in [0.717, 1.165) is 0 Å². The van der Waals surface area contributed by atoms with E-state index in [9.17, 15) is 9.59 Å². The lowest BCUT2D eigenvalue weighted by Crippen LogP contribution is -2.09. The molecule has 14 heavy (non-hydrogen) atoms. The van der Waals surface area contributed by atoms with Gasteiger partial charge in [0.25, 0.3) is 0 Å². The molecule has 6 heteroatoms. The Balaban J connectivity index is 2.65. The predicted octanol–water partition coefficient (Wildman–Crippen LogP) is 0.0438. The van der Waals surface area contributed by atoms with Crippen LogP contribution in [-0.2, 0) is 16.1 Å². The first-order valence-corrected chi connectivity index (χ1v) is 4.17. The van der Waals surface area contributed by atoms with Crippen LogP contribution in [0.2, 0.25) is 0 Å². The average molecular weight is 197 g/mol. The van der Waals surface area contributed by atoms with Crippen LogP contribution in [0.25, 0.3) is 0 Å². The Labute approximate surface area is 80.9 Å². The van der Waals surface area contributed by atoms with E-state index in [1.807, 2.05) is 6.92 Å². The van der Waals surface area contributed by atoms with Gasteiger partial charge >= 0.3 is 5.97 Å². The summed E-state index contributed by atoms with van der Waals surface area (Å²) in [6, 6.07) is 0. The Morgan fingerprint density at radius 3 is 2.79 bits per heavy atom. The molecule has 6 nitrogen and oxygen atoms in total. The molecule has 76 valence electrons. The van der Waals surface area contributed by atoms with Crippen LogP contribution >= 0.6 is 0 Å². The van der Waals surface area contributed by atoms with Gasteiger partial charge in [0, 0.05) is 6.54 Å². The molecule has 0 fully saturated rings. The first kappa shape index (κ1) is 10.4. The van der Waals surface area contributed by atoms with Crippen molar-refractivity contribution < 1.29 is 14.3 Å². The van der Waals surface area contributed by atoms with Crippen molar-refractivity contribution in [2.24, 2.45) is 0 Å². The Kier molecular flexibility index (Phi) is 3.33. The van der Waals surface area contributed by atoms with Gasteiger partial charge in [-0.3, -0.25) is 14.3 Å². The van der Waals surface area contributed by atoms with Crippen molar-refractivity contribution in [2.75, 3.05) is 7.11 Å². The number of hydrogen-bond acceptors (Lipinski definition) is 5. The molecule has 1 heterocycles. The summed E-state index contributed by atoms with van der Waals surface area (Å²) >= 11 is 0. The minimum absolute atomic E-state index is 0.192. The summed E-state index contributed by atoms with van der Waals surface area (Å²) in [5.41, 5.74) is 0.192. The number of aromatic nitrogens is 3. The maximum absolute atomic E-state index is 11.3. The minimum atomic E-state index is -0.568. The summed E-state index contributed by atoms with van der Waals surface area (Å²) in [4.78, 5) is 22.1. The second-order valence-corrected chi connectivity index (χ2v) is 2.64. The largest absolute Gasteiger partial charge is 0.469 e. The molecule has 1 aromatic heterocycles. The van der Waals surface area contributed by atoms with Gasteiger partial charge in [0.15, 0.2) is 5.78 Å². The van der Waals surface area contributed by atoms with Gasteiger partial charge in [-0.1, -0.05) is 5.21 Å². The fourth-order valence-electron chi connectivity index (χ4n) is 0.875. The van der Waals surface area contributed by atoms with Crippen LogP contribution in [0.4, 0.5) is 0 Å². The zero-order valence-corrected chi connectivity index (χ0v) is 8.06. The van der Waals surface area contributed by atoms with E-state index in [2.05, 4.69) is 15.0 Å². The van der Waals surface area contributed by atoms with Gasteiger partial charge in [0.1, 0.15) is 12.1 Å². The molecule has 0 aliphatic carbocycles. The second-order valence-electron chi connectivity index (χ2n) is 2.64. The van der Waals surface area contributed by atoms with Gasteiger partial charge in [-0.05, 0) is 6.92 Å². The van der Waals surface area contributed by atoms with Crippen LogP contribution in [0, 0.1) is 0 Å². The lowest BCUT2D eigenvalue weighted by atomic mass is 10.2. The molecule has 0 aliphatic rings. The van der Waals surface area contributed by atoms with E-state index in [-0.39, 0.29) is 17.9 Å². The van der Waals surface area contributed by atoms with E-state index >= 15 is 0 Å². The third kappa shape index (κ3) is 2.38. The predicted molar refractivity (Wildman–Crippen MR) is 46.7 cm³/mol. The molecule has 0 saturated carbocycles. The Morgan fingerprint density at radius 1 is 1.57 bits per heavy atom. The number of Topliss-reactive ketones (excluding diaryl/α,β-unsaturated/α-hetero) is 1. The SMILES string of the molecule is CCn1cc(C(=O)CC(=O)OC)nn1. The van der Waals surface area contributed by atoms with Crippen molar-refractivity contribution in [3.05, 3.63) is 11.9 Å². The van der Waals surface area contributed by atoms with Crippen molar-refractivity contribution >= 4 is 11.8 Å². The van der Waals surface area contributed by atoms with Gasteiger partial charge in [-0.2, -0.15) is 0 Å². The quantitative estimate of drug-likeness (QED) is 0.387. The van der Waals surface area contributed by atoms with Crippen molar-refractivity contribution in [2.45, 2.75) is 19.9 Å². The monoisotopic (exact) mass is 197 g/mol. The molecule has 0 aromatic carbocycles. The first-order valence-electron chi connectivity index (χ1n) is 4.17. The van der Waals surface area contributed by atoms with Gasteiger partial charge < -0.3 is 4.74 Å². The van der Waals surface area contributed by atoms with Crippen molar-refractivity contribution in [1.29, 1.82) is 0 Å². The maximum Gasteiger partial charge on any atom is 0.313 e. The molecule has 0 unspecified atom stereocenters. The number of rotatable bonds is 4. The number of nitrogens with zero attached hydrogens (tertiary/aromatic N) is 3. The lowest BCUT2D eigenvalue weighted by molar-refractivity contribution is -0.139. The van der Waals surface area contributed by atoms with E-state index in [1.165, 1.54) is 18.0 Å². The molecule has 0 aliphatic heterocycles. The summed E-state index contributed by atoms with van der Waals surface area (Å²) < 4.78 is 5.88. The van der Waals surface area contributed by atoms with Crippen LogP contribution in [0.1, 0.15) is 23.8 Å². The first-order chi connectivity index (χ1) is 6.67. The van der Waals surface area contributed by atoms with Crippen LogP contribution < -0.4 is 0 Å². The number of aryl methyl sites for hydroxylation is 1. The smallest absolute Gasteiger partial charge is 0.313 e. The molecular weight excluding hydrogens is 186 g/mol. The third-order valence-electron chi connectivity index (χ3n) is 1.68. The summed E-state index contributed by atoms with van der Waals surface area (Å²) in [6.45, 7) is 2.52. The third-order valence-corrected chi connectivity index (χ3v) is 1.68. The molecular formula is C8H11N3O3. The summed E-state index contributed by atoms with van der Waals surface area (Å²) in [5.74, 6) is -0.947. The number of methoxy groups -OCH3 is 1. The van der Waals surface area contributed by atoms with E-state index in [4.69, 9.17) is 0 Å². The highest BCUT2D eigenvalue weighted by molar-refractivity contribution is 6.04. The number of carbonyl (C=O) groups is 2. The minimum Gasteiger partial charge on any atom is -0.469 e. The standard InChI is InChI=1S/C8H11N3O3/c1-3-11-5-6(9-10-11)7(12)4-8(13)14-2/h5H,3-4H2,1-2H3. The van der Waals surface area contributed by atoms with Crippen molar-refractivity contribution in [3.8, 4) is 0 Å². The highest BCUT2D eigenvalue weighted by Gasteiger charge is 2.14. The topological polar surface area (TPSA) is 74.1 Å². The van der Waals surface area contributed by atoms with Gasteiger partial charge in [0.2, 0.25) is 0 Å². The van der Waals surface area contributed by atoms with Crippen molar-refractivity contribution in [3.63, 3.8) is 0 Å². The second kappa shape index (κ2) is 4.50. The summed E-state index contributed by atoms with van der Waals surface area (Å²) in [7, 11) is 1.23. The Hall–Kier alpha value is -1.72. The van der Waals surface area contributed by atoms with Crippen LogP contribution in [0.15, 0.2) is 6.20 Å². The molecule has 0 atom stereocenters. The van der Waals surface area contributed by atoms with E-state index < -0.39 is 5.97 Å². The Bertz CT molecular complexity index is 345. The van der Waals surface area contributed by atoms with E-state index in [1.54, 1.807) is 0 Å². The lowest BCUT2D eigenvalue weighted by Gasteiger charge is -1.94. The average Bonchev–Trinajstić information content (AvgIpc) is 2.65. The van der Waals surface area contributed by atoms with E-state index in [0.29, 0.717) is 6.54 Å². The zero-order valence-electron chi connectivity index (χ0n) is 8.06. The molecule has 0 amide bonds. The fraction of sp³-hybridized carbons (Fsp3) is 0.500. The molecule has 0 radical (unpaired) electrons. The molecule has 1 rings (SSSR count). The van der Waals surface area contributed by atoms with Crippen molar-refractivity contribution in [1.82, 2.24) is 15.0 Å². The molecule has 0 spiro atoms. The summed E-state index contributed by atoms with van der Waals surface area (Å²) in [6.07, 6.45) is 1.21. The molecule has 0 saturated heterocycles. The van der Waals surface area contributed by atoms with Crippen LogP contribution in [0.5, 0.6) is 0 Å². The zero-order chi connectivity index (χ0) is 10.6. The van der Waals surface area contributed by atoms with Crippen LogP contribution in [0.3, 0.4) is 0 Å². The van der Waals surface area contributed by atoms with Gasteiger partial charge in [0.05, 0.1) is 13.3 Å². The number of ketones is 1. The normalized spacial score (nSPS) is 9.86. The Morgan fingerprint density at radius 2 is 2.29 bits per heavy atom. The highest BCUT2D eigenvalue weighted by Crippen LogP contribution is 1.99. The number of esters is 1. The molecule has 1 aromatic rings. The van der Waals surface area contributed by atoms with Gasteiger partial charge in [-0.15, -0.1) is 5.10 Å². The summed E-state index contributed by atoms with van der Waals surface area (Å²) in [5, 5.41) is 7.31. The number of hydrogen-bond donors (Lipinski definition) is 0. The number of ether oxygens (including phenoxy) is 1. The number of carbonyl (C=O) groups excluding carboxylic acids is 2. The molecule has 0 N–H and O–H groups in total. The fourth-order valence-corrected chi connectivity index (χ4v) is 0.875. The van der Waals surface area contributed by atoms with Gasteiger partial charge in [-0.25, -0.2) is 0 Å². The molecule has 0 bridgehead atoms. The highest BCUT2D eigenvalue weighted by atomic mass is 16.5. The maximum atomic E-state index is 11.3.